The molecular formula is C33H56O4. The maximum absolute atomic E-state index is 12.5. The summed E-state index contributed by atoms with van der Waals surface area (Å²) in [7, 11) is 0. The van der Waals surface area contributed by atoms with Gasteiger partial charge in [0.25, 0.3) is 0 Å². The van der Waals surface area contributed by atoms with Crippen LogP contribution in [0.15, 0.2) is 18.2 Å². The number of aryl methyl sites for hydroxylation is 1. The van der Waals surface area contributed by atoms with Crippen LogP contribution < -0.4 is 0 Å². The van der Waals surface area contributed by atoms with Crippen molar-refractivity contribution in [2.75, 3.05) is 13.2 Å². The van der Waals surface area contributed by atoms with Gasteiger partial charge in [-0.15, -0.1) is 0 Å². The molecule has 1 aromatic rings. The predicted octanol–water partition coefficient (Wildman–Crippen LogP) is 10.2. The van der Waals surface area contributed by atoms with E-state index in [4.69, 9.17) is 9.47 Å². The van der Waals surface area contributed by atoms with E-state index >= 15 is 0 Å². The van der Waals surface area contributed by atoms with Gasteiger partial charge in [0.05, 0.1) is 24.3 Å². The Morgan fingerprint density at radius 1 is 0.541 bits per heavy atom. The smallest absolute Gasteiger partial charge is 0.338 e. The summed E-state index contributed by atoms with van der Waals surface area (Å²) in [4.78, 5) is 24.8. The van der Waals surface area contributed by atoms with Crippen LogP contribution in [0.1, 0.15) is 169 Å². The molecule has 1 rings (SSSR count). The fourth-order valence-electron chi connectivity index (χ4n) is 4.69. The molecule has 0 aliphatic rings. The molecule has 37 heavy (non-hydrogen) atoms. The summed E-state index contributed by atoms with van der Waals surface area (Å²) in [5, 5.41) is 0. The van der Waals surface area contributed by atoms with E-state index in [2.05, 4.69) is 13.8 Å². The summed E-state index contributed by atoms with van der Waals surface area (Å²) >= 11 is 0. The molecule has 0 saturated carbocycles. The number of ether oxygens (including phenoxy) is 2. The summed E-state index contributed by atoms with van der Waals surface area (Å²) in [5.41, 5.74) is 1.77. The summed E-state index contributed by atoms with van der Waals surface area (Å²) in [5.74, 6) is -0.622. The van der Waals surface area contributed by atoms with Crippen LogP contribution in [0.3, 0.4) is 0 Å². The first-order valence-electron chi connectivity index (χ1n) is 15.5. The number of rotatable bonds is 24. The normalized spacial score (nSPS) is 11.0. The van der Waals surface area contributed by atoms with Gasteiger partial charge in [-0.3, -0.25) is 0 Å². The van der Waals surface area contributed by atoms with E-state index in [1.807, 2.05) is 6.92 Å². The highest BCUT2D eigenvalue weighted by Crippen LogP contribution is 2.16. The molecule has 0 saturated heterocycles. The highest BCUT2D eigenvalue weighted by Gasteiger charge is 2.14. The van der Waals surface area contributed by atoms with Gasteiger partial charge in [0, 0.05) is 0 Å². The van der Waals surface area contributed by atoms with Crippen LogP contribution in [-0.4, -0.2) is 25.2 Å². The van der Waals surface area contributed by atoms with Gasteiger partial charge in [-0.1, -0.05) is 129 Å². The van der Waals surface area contributed by atoms with E-state index in [0.717, 1.165) is 31.2 Å². The Morgan fingerprint density at radius 2 is 0.919 bits per heavy atom. The van der Waals surface area contributed by atoms with Crippen LogP contribution >= 0.6 is 0 Å². The zero-order valence-electron chi connectivity index (χ0n) is 24.4. The van der Waals surface area contributed by atoms with Crippen molar-refractivity contribution in [3.63, 3.8) is 0 Å². The van der Waals surface area contributed by atoms with Gasteiger partial charge >= 0.3 is 11.9 Å². The van der Waals surface area contributed by atoms with E-state index in [0.29, 0.717) is 24.3 Å². The molecule has 0 amide bonds. The van der Waals surface area contributed by atoms with Gasteiger partial charge in [-0.25, -0.2) is 9.59 Å². The van der Waals surface area contributed by atoms with Crippen molar-refractivity contribution < 1.29 is 19.1 Å². The molecule has 212 valence electrons. The van der Waals surface area contributed by atoms with Crippen molar-refractivity contribution in [2.45, 2.75) is 149 Å². The van der Waals surface area contributed by atoms with Gasteiger partial charge in [0.15, 0.2) is 0 Å². The van der Waals surface area contributed by atoms with Crippen LogP contribution in [0, 0.1) is 6.92 Å². The van der Waals surface area contributed by atoms with Crippen LogP contribution in [0.2, 0.25) is 0 Å². The summed E-state index contributed by atoms with van der Waals surface area (Å²) < 4.78 is 10.9. The maximum Gasteiger partial charge on any atom is 0.338 e. The van der Waals surface area contributed by atoms with Crippen molar-refractivity contribution in [3.05, 3.63) is 34.9 Å². The van der Waals surface area contributed by atoms with E-state index < -0.39 is 0 Å². The lowest BCUT2D eigenvalue weighted by Gasteiger charge is -2.10. The molecular weight excluding hydrogens is 460 g/mol. The predicted molar refractivity (Wildman–Crippen MR) is 155 cm³/mol. The monoisotopic (exact) mass is 516 g/mol. The lowest BCUT2D eigenvalue weighted by atomic mass is 10.1. The Bertz CT molecular complexity index is 712. The summed E-state index contributed by atoms with van der Waals surface area (Å²) in [6.45, 7) is 7.25. The fourth-order valence-corrected chi connectivity index (χ4v) is 4.69. The molecule has 1 aromatic carbocycles. The minimum Gasteiger partial charge on any atom is -0.462 e. The molecule has 0 heterocycles. The third-order valence-corrected chi connectivity index (χ3v) is 7.14. The van der Waals surface area contributed by atoms with Crippen molar-refractivity contribution in [2.24, 2.45) is 0 Å². The third-order valence-electron chi connectivity index (χ3n) is 7.14. The highest BCUT2D eigenvalue weighted by molar-refractivity contribution is 5.94. The molecule has 0 bridgehead atoms. The molecule has 0 radical (unpaired) electrons. The second-order valence-corrected chi connectivity index (χ2v) is 10.7. The highest BCUT2D eigenvalue weighted by atomic mass is 16.5. The summed E-state index contributed by atoms with van der Waals surface area (Å²) in [6, 6.07) is 5.09. The standard InChI is InChI=1S/C33H56O4/c1-4-6-8-10-12-14-16-18-20-22-26-36-32(34)30-24-25-31(29(3)28-30)33(35)37-27-23-21-19-17-15-13-11-9-7-5-2/h24-25,28H,4-23,26-27H2,1-3H3. The van der Waals surface area contributed by atoms with Crippen molar-refractivity contribution in [3.8, 4) is 0 Å². The fraction of sp³-hybridized carbons (Fsp3) is 0.758. The Balaban J connectivity index is 2.13. The largest absolute Gasteiger partial charge is 0.462 e. The molecule has 0 N–H and O–H groups in total. The van der Waals surface area contributed by atoms with Gasteiger partial charge in [-0.05, 0) is 43.5 Å². The molecule has 0 atom stereocenters. The SMILES string of the molecule is CCCCCCCCCCCCOC(=O)c1ccc(C(=O)OCCCCCCCCCCCC)c(C)c1. The third kappa shape index (κ3) is 17.3. The second-order valence-electron chi connectivity index (χ2n) is 10.7. The number of hydrogen-bond acceptors (Lipinski definition) is 4. The number of unbranched alkanes of at least 4 members (excludes halogenated alkanes) is 18. The van der Waals surface area contributed by atoms with E-state index in [1.165, 1.54) is 103 Å². The zero-order valence-corrected chi connectivity index (χ0v) is 24.4. The first-order chi connectivity index (χ1) is 18.1. The lowest BCUT2D eigenvalue weighted by molar-refractivity contribution is 0.0482. The molecule has 0 spiro atoms. The maximum atomic E-state index is 12.5. The molecule has 0 aliphatic carbocycles. The molecule has 0 aliphatic heterocycles. The van der Waals surface area contributed by atoms with Gasteiger partial charge in [0.2, 0.25) is 0 Å². The minimum atomic E-state index is -0.315. The Morgan fingerprint density at radius 3 is 1.32 bits per heavy atom. The van der Waals surface area contributed by atoms with Crippen molar-refractivity contribution in [1.29, 1.82) is 0 Å². The quantitative estimate of drug-likeness (QED) is 0.101. The Labute approximate surface area is 228 Å². The lowest BCUT2D eigenvalue weighted by Crippen LogP contribution is -2.11. The number of carbonyl (C=O) groups is 2. The van der Waals surface area contributed by atoms with E-state index in [1.54, 1.807) is 18.2 Å². The number of carbonyl (C=O) groups excluding carboxylic acids is 2. The number of benzene rings is 1. The first kappa shape index (κ1) is 33.2. The van der Waals surface area contributed by atoms with Crippen LogP contribution in [0.4, 0.5) is 0 Å². The Kier molecular flexibility index (Phi) is 20.9. The van der Waals surface area contributed by atoms with Gasteiger partial charge in [0.1, 0.15) is 0 Å². The second kappa shape index (κ2) is 23.3. The molecule has 4 heteroatoms. The van der Waals surface area contributed by atoms with Crippen molar-refractivity contribution in [1.82, 2.24) is 0 Å². The Hall–Kier alpha value is -1.84. The topological polar surface area (TPSA) is 52.6 Å². The average Bonchev–Trinajstić information content (AvgIpc) is 2.90. The zero-order chi connectivity index (χ0) is 27.0. The van der Waals surface area contributed by atoms with Crippen molar-refractivity contribution >= 4 is 11.9 Å². The summed E-state index contributed by atoms with van der Waals surface area (Å²) in [6.07, 6.45) is 25.1. The molecule has 4 nitrogen and oxygen atoms in total. The van der Waals surface area contributed by atoms with Crippen LogP contribution in [-0.2, 0) is 9.47 Å². The number of esters is 2. The molecule has 0 aromatic heterocycles. The van der Waals surface area contributed by atoms with Crippen LogP contribution in [0.5, 0.6) is 0 Å². The first-order valence-corrected chi connectivity index (χ1v) is 15.5. The van der Waals surface area contributed by atoms with E-state index in [-0.39, 0.29) is 11.9 Å². The molecule has 0 unspecified atom stereocenters. The number of hydrogen-bond donors (Lipinski definition) is 0. The van der Waals surface area contributed by atoms with Gasteiger partial charge in [-0.2, -0.15) is 0 Å². The molecule has 0 fully saturated rings. The van der Waals surface area contributed by atoms with Gasteiger partial charge < -0.3 is 9.47 Å². The van der Waals surface area contributed by atoms with E-state index in [9.17, 15) is 9.59 Å². The average molecular weight is 517 g/mol. The van der Waals surface area contributed by atoms with Crippen LogP contribution in [0.25, 0.3) is 0 Å². The minimum absolute atomic E-state index is 0.307.